The molecule has 0 saturated carbocycles. The van der Waals surface area contributed by atoms with Crippen molar-refractivity contribution in [2.24, 2.45) is 0 Å². The summed E-state index contributed by atoms with van der Waals surface area (Å²) in [6, 6.07) is 0. The van der Waals surface area contributed by atoms with E-state index in [4.69, 9.17) is 0 Å². The number of rotatable bonds is 0. The van der Waals surface area contributed by atoms with E-state index in [1.165, 1.54) is 52.1 Å². The Kier molecular flexibility index (Phi) is 1.63. The third-order valence-corrected chi connectivity index (χ3v) is 3.44. The number of hydrogen-bond acceptors (Lipinski definition) is 3. The van der Waals surface area contributed by atoms with Crippen LogP contribution in [-0.2, 0) is 0 Å². The highest BCUT2D eigenvalue weighted by Gasteiger charge is 2.40. The summed E-state index contributed by atoms with van der Waals surface area (Å²) < 4.78 is 0. The van der Waals surface area contributed by atoms with Gasteiger partial charge in [0.2, 0.25) is 0 Å². The molecule has 0 aromatic carbocycles. The molecule has 0 aliphatic carbocycles. The molecule has 3 saturated heterocycles. The van der Waals surface area contributed by atoms with E-state index in [9.17, 15) is 0 Å². The summed E-state index contributed by atoms with van der Waals surface area (Å²) in [5, 5.41) is 0. The minimum atomic E-state index is 0.701. The van der Waals surface area contributed by atoms with Crippen LogP contribution in [0.3, 0.4) is 0 Å². The first kappa shape index (κ1) is 7.30. The Morgan fingerprint density at radius 3 is 1.50 bits per heavy atom. The molecular weight excluding hydrogens is 150 g/mol. The lowest BCUT2D eigenvalue weighted by molar-refractivity contribution is -0.0675. The summed E-state index contributed by atoms with van der Waals surface area (Å²) in [5.41, 5.74) is 0. The van der Waals surface area contributed by atoms with Crippen LogP contribution in [0.2, 0.25) is 0 Å². The smallest absolute Gasteiger partial charge is 0.119 e. The molecule has 0 bridgehead atoms. The van der Waals surface area contributed by atoms with Crippen molar-refractivity contribution in [1.29, 1.82) is 0 Å². The lowest BCUT2D eigenvalue weighted by Crippen LogP contribution is -2.59. The summed E-state index contributed by atoms with van der Waals surface area (Å²) >= 11 is 0. The molecule has 0 N–H and O–H groups in total. The zero-order valence-electron chi connectivity index (χ0n) is 7.58. The van der Waals surface area contributed by atoms with Crippen molar-refractivity contribution in [2.45, 2.75) is 19.1 Å². The maximum Gasteiger partial charge on any atom is 0.119 e. The van der Waals surface area contributed by atoms with Gasteiger partial charge in [0, 0.05) is 39.3 Å². The maximum atomic E-state index is 2.65. The number of nitrogens with zero attached hydrogens (tertiary/aromatic N) is 3. The average Bonchev–Trinajstić information content (AvgIpc) is 2.52. The Balaban J connectivity index is 1.84. The van der Waals surface area contributed by atoms with Crippen molar-refractivity contribution in [3.8, 4) is 0 Å². The molecule has 68 valence electrons. The monoisotopic (exact) mass is 167 g/mol. The van der Waals surface area contributed by atoms with Crippen LogP contribution < -0.4 is 0 Å². The van der Waals surface area contributed by atoms with Crippen molar-refractivity contribution in [2.75, 3.05) is 39.3 Å². The van der Waals surface area contributed by atoms with Crippen LogP contribution in [0.1, 0.15) is 12.8 Å². The molecule has 3 heterocycles. The largest absolute Gasteiger partial charge is 0.275 e. The van der Waals surface area contributed by atoms with E-state index in [1.807, 2.05) is 0 Å². The molecule has 3 nitrogen and oxygen atoms in total. The van der Waals surface area contributed by atoms with Gasteiger partial charge in [0.05, 0.1) is 0 Å². The molecule has 0 radical (unpaired) electrons. The van der Waals surface area contributed by atoms with Crippen LogP contribution in [0.5, 0.6) is 0 Å². The van der Waals surface area contributed by atoms with E-state index in [-0.39, 0.29) is 0 Å². The van der Waals surface area contributed by atoms with E-state index in [0.717, 1.165) is 0 Å². The van der Waals surface area contributed by atoms with Crippen LogP contribution in [0.15, 0.2) is 0 Å². The Morgan fingerprint density at radius 1 is 0.583 bits per heavy atom. The Hall–Kier alpha value is -0.120. The summed E-state index contributed by atoms with van der Waals surface area (Å²) in [5.74, 6) is 0. The second kappa shape index (κ2) is 2.69. The van der Waals surface area contributed by atoms with E-state index < -0.39 is 0 Å². The summed E-state index contributed by atoms with van der Waals surface area (Å²) in [6.45, 7) is 7.94. The Labute approximate surface area is 73.9 Å². The highest BCUT2D eigenvalue weighted by molar-refractivity contribution is 4.88. The van der Waals surface area contributed by atoms with Gasteiger partial charge in [-0.2, -0.15) is 0 Å². The normalized spacial score (nSPS) is 34.0. The van der Waals surface area contributed by atoms with Gasteiger partial charge >= 0.3 is 0 Å². The molecule has 0 aromatic rings. The predicted molar refractivity (Wildman–Crippen MR) is 47.7 cm³/mol. The van der Waals surface area contributed by atoms with Crippen molar-refractivity contribution in [1.82, 2.24) is 14.7 Å². The SMILES string of the molecule is C1CN2CCCN3CCN(C1)C23. The van der Waals surface area contributed by atoms with Gasteiger partial charge in [-0.25, -0.2) is 0 Å². The molecule has 0 spiro atoms. The first-order valence-electron chi connectivity index (χ1n) is 5.17. The van der Waals surface area contributed by atoms with Crippen LogP contribution in [-0.4, -0.2) is 60.3 Å². The zero-order chi connectivity index (χ0) is 7.97. The molecule has 0 amide bonds. The van der Waals surface area contributed by atoms with Crippen LogP contribution in [0.4, 0.5) is 0 Å². The Bertz CT molecular complexity index is 165. The van der Waals surface area contributed by atoms with Crippen LogP contribution in [0, 0.1) is 0 Å². The molecule has 0 atom stereocenters. The van der Waals surface area contributed by atoms with Crippen molar-refractivity contribution >= 4 is 0 Å². The lowest BCUT2D eigenvalue weighted by Gasteiger charge is -2.46. The van der Waals surface area contributed by atoms with Gasteiger partial charge in [-0.15, -0.1) is 0 Å². The minimum absolute atomic E-state index is 0.701. The topological polar surface area (TPSA) is 9.72 Å². The van der Waals surface area contributed by atoms with Gasteiger partial charge < -0.3 is 0 Å². The predicted octanol–water partition coefficient (Wildman–Crippen LogP) is -0.00300. The third-order valence-electron chi connectivity index (χ3n) is 3.44. The highest BCUT2D eigenvalue weighted by atomic mass is 15.6. The second-order valence-electron chi connectivity index (χ2n) is 4.16. The molecule has 3 aliphatic heterocycles. The van der Waals surface area contributed by atoms with Crippen LogP contribution in [0.25, 0.3) is 0 Å². The Morgan fingerprint density at radius 2 is 1.00 bits per heavy atom. The van der Waals surface area contributed by atoms with Gasteiger partial charge in [0.15, 0.2) is 0 Å². The molecule has 3 heteroatoms. The van der Waals surface area contributed by atoms with Gasteiger partial charge in [0.1, 0.15) is 6.29 Å². The van der Waals surface area contributed by atoms with Gasteiger partial charge in [-0.3, -0.25) is 14.7 Å². The fraction of sp³-hybridized carbons (Fsp3) is 1.00. The third kappa shape index (κ3) is 0.934. The van der Waals surface area contributed by atoms with Crippen LogP contribution >= 0.6 is 0 Å². The van der Waals surface area contributed by atoms with Gasteiger partial charge in [0.25, 0.3) is 0 Å². The zero-order valence-corrected chi connectivity index (χ0v) is 7.58. The first-order valence-corrected chi connectivity index (χ1v) is 5.17. The minimum Gasteiger partial charge on any atom is -0.275 e. The summed E-state index contributed by atoms with van der Waals surface area (Å²) in [4.78, 5) is 7.94. The standard InChI is InChI=1S/C9H17N3/c1-3-10-4-2-6-12-8-7-11(5-1)9(10)12/h9H,1-8H2. The van der Waals surface area contributed by atoms with E-state index >= 15 is 0 Å². The summed E-state index contributed by atoms with van der Waals surface area (Å²) in [7, 11) is 0. The molecule has 0 aromatic heterocycles. The van der Waals surface area contributed by atoms with E-state index in [1.54, 1.807) is 0 Å². The fourth-order valence-corrected chi connectivity index (χ4v) is 2.93. The van der Waals surface area contributed by atoms with Crippen molar-refractivity contribution < 1.29 is 0 Å². The lowest BCUT2D eigenvalue weighted by atomic mass is 10.2. The molecule has 12 heavy (non-hydrogen) atoms. The second-order valence-corrected chi connectivity index (χ2v) is 4.16. The van der Waals surface area contributed by atoms with Gasteiger partial charge in [-0.1, -0.05) is 0 Å². The highest BCUT2D eigenvalue weighted by Crippen LogP contribution is 2.26. The van der Waals surface area contributed by atoms with E-state index in [0.29, 0.717) is 6.29 Å². The van der Waals surface area contributed by atoms with E-state index in [2.05, 4.69) is 14.7 Å². The number of hydrogen-bond donors (Lipinski definition) is 0. The quantitative estimate of drug-likeness (QED) is 0.503. The molecular formula is C9H17N3. The molecule has 0 unspecified atom stereocenters. The molecule has 3 fully saturated rings. The summed E-state index contributed by atoms with van der Waals surface area (Å²) in [6.07, 6.45) is 3.46. The molecule has 3 rings (SSSR count). The molecule has 3 aliphatic rings. The average molecular weight is 167 g/mol. The maximum absolute atomic E-state index is 2.65. The first-order chi connectivity index (χ1) is 5.95. The van der Waals surface area contributed by atoms with Gasteiger partial charge in [-0.05, 0) is 12.8 Å². The van der Waals surface area contributed by atoms with Crippen molar-refractivity contribution in [3.63, 3.8) is 0 Å². The van der Waals surface area contributed by atoms with Crippen molar-refractivity contribution in [3.05, 3.63) is 0 Å². The fourth-order valence-electron chi connectivity index (χ4n) is 2.93.